The largest absolute Gasteiger partial charge is 0.493 e. The molecule has 0 spiro atoms. The summed E-state index contributed by atoms with van der Waals surface area (Å²) in [7, 11) is 1.71. The average Bonchev–Trinajstić information content (AvgIpc) is 2.82. The second-order valence-electron chi connectivity index (χ2n) is 5.82. The monoisotopic (exact) mass is 289 g/mol. The molecule has 3 heteroatoms. The highest BCUT2D eigenvalue weighted by Crippen LogP contribution is 2.35. The summed E-state index contributed by atoms with van der Waals surface area (Å²) in [5.74, 6) is 1.89. The van der Waals surface area contributed by atoms with Crippen LogP contribution in [0.15, 0.2) is 16.5 Å². The van der Waals surface area contributed by atoms with Gasteiger partial charge in [0, 0.05) is 17.0 Å². The lowest BCUT2D eigenvalue weighted by Crippen LogP contribution is -2.22. The van der Waals surface area contributed by atoms with Crippen LogP contribution in [0.25, 0.3) is 11.0 Å². The minimum absolute atomic E-state index is 0.445. The number of benzene rings is 1. The molecule has 0 fully saturated rings. The smallest absolute Gasteiger partial charge is 0.176 e. The summed E-state index contributed by atoms with van der Waals surface area (Å²) in [6, 6.07) is 4.78. The Morgan fingerprint density at radius 1 is 1.24 bits per heavy atom. The molecule has 116 valence electrons. The van der Waals surface area contributed by atoms with Crippen LogP contribution in [0.5, 0.6) is 5.75 Å². The van der Waals surface area contributed by atoms with Gasteiger partial charge in [-0.2, -0.15) is 0 Å². The lowest BCUT2D eigenvalue weighted by molar-refractivity contribution is 0.404. The summed E-state index contributed by atoms with van der Waals surface area (Å²) in [6.07, 6.45) is 3.16. The van der Waals surface area contributed by atoms with Crippen molar-refractivity contribution in [2.75, 3.05) is 7.11 Å². The number of ether oxygens (including phenoxy) is 1. The average molecular weight is 289 g/mol. The van der Waals surface area contributed by atoms with Gasteiger partial charge in [-0.05, 0) is 30.5 Å². The Kier molecular flexibility index (Phi) is 5.29. The maximum absolute atomic E-state index is 6.14. The highest BCUT2D eigenvalue weighted by molar-refractivity contribution is 5.88. The number of fused-ring (bicyclic) bond motifs is 1. The van der Waals surface area contributed by atoms with Crippen LogP contribution in [0, 0.1) is 0 Å². The zero-order valence-electron chi connectivity index (χ0n) is 13.9. The van der Waals surface area contributed by atoms with Crippen LogP contribution >= 0.6 is 0 Å². The lowest BCUT2D eigenvalue weighted by atomic mass is 10.0. The molecule has 2 aromatic rings. The number of hydrogen-bond donors (Lipinski definition) is 1. The Morgan fingerprint density at radius 3 is 2.57 bits per heavy atom. The zero-order valence-corrected chi connectivity index (χ0v) is 13.9. The molecule has 0 aliphatic heterocycles. The molecule has 0 aliphatic carbocycles. The Hall–Kier alpha value is -1.48. The molecule has 0 atom stereocenters. The number of methoxy groups -OCH3 is 1. The van der Waals surface area contributed by atoms with Crippen LogP contribution in [0.4, 0.5) is 0 Å². The third-order valence-corrected chi connectivity index (χ3v) is 3.80. The molecular weight excluding hydrogens is 262 g/mol. The van der Waals surface area contributed by atoms with Gasteiger partial charge < -0.3 is 14.5 Å². The van der Waals surface area contributed by atoms with Crippen molar-refractivity contribution in [1.82, 2.24) is 5.32 Å². The molecule has 0 radical (unpaired) electrons. The highest BCUT2D eigenvalue weighted by Gasteiger charge is 2.17. The molecule has 1 aromatic carbocycles. The predicted molar refractivity (Wildman–Crippen MR) is 88.1 cm³/mol. The third kappa shape index (κ3) is 3.41. The fourth-order valence-corrected chi connectivity index (χ4v) is 2.64. The van der Waals surface area contributed by atoms with E-state index in [1.54, 1.807) is 7.11 Å². The fraction of sp³-hybridized carbons (Fsp3) is 0.556. The van der Waals surface area contributed by atoms with Gasteiger partial charge in [0.2, 0.25) is 0 Å². The Labute approximate surface area is 127 Å². The van der Waals surface area contributed by atoms with E-state index in [1.165, 1.54) is 16.5 Å². The van der Waals surface area contributed by atoms with Gasteiger partial charge >= 0.3 is 0 Å². The van der Waals surface area contributed by atoms with Crippen LogP contribution in [0.3, 0.4) is 0 Å². The molecule has 3 nitrogen and oxygen atoms in total. The van der Waals surface area contributed by atoms with Crippen molar-refractivity contribution in [2.45, 2.75) is 59.5 Å². The van der Waals surface area contributed by atoms with Gasteiger partial charge in [-0.3, -0.25) is 0 Å². The van der Waals surface area contributed by atoms with Crippen LogP contribution in [-0.4, -0.2) is 13.2 Å². The Balaban J connectivity index is 2.55. The lowest BCUT2D eigenvalue weighted by Gasteiger charge is -2.07. The summed E-state index contributed by atoms with van der Waals surface area (Å²) in [6.45, 7) is 9.45. The molecule has 0 saturated heterocycles. The van der Waals surface area contributed by atoms with Gasteiger partial charge in [0.25, 0.3) is 0 Å². The quantitative estimate of drug-likeness (QED) is 0.817. The number of hydrogen-bond acceptors (Lipinski definition) is 3. The van der Waals surface area contributed by atoms with Gasteiger partial charge in [0.05, 0.1) is 13.7 Å². The molecule has 21 heavy (non-hydrogen) atoms. The highest BCUT2D eigenvalue weighted by atomic mass is 16.5. The topological polar surface area (TPSA) is 34.4 Å². The molecule has 1 aromatic heterocycles. The van der Waals surface area contributed by atoms with Gasteiger partial charge in [-0.25, -0.2) is 0 Å². The van der Waals surface area contributed by atoms with Crippen molar-refractivity contribution < 1.29 is 9.15 Å². The summed E-state index contributed by atoms with van der Waals surface area (Å²) in [4.78, 5) is 0. The molecule has 0 unspecified atom stereocenters. The summed E-state index contributed by atoms with van der Waals surface area (Å²) in [5.41, 5.74) is 3.51. The standard InChI is InChI=1S/C18H27NO2/c1-6-8-14-15-9-13(7-2)10-16(20-5)18(15)21-17(14)11-19-12(3)4/h9-10,12,19H,6-8,11H2,1-5H3. The first kappa shape index (κ1) is 15.9. The normalized spacial score (nSPS) is 11.5. The summed E-state index contributed by atoms with van der Waals surface area (Å²) < 4.78 is 11.7. The minimum Gasteiger partial charge on any atom is -0.493 e. The van der Waals surface area contributed by atoms with E-state index < -0.39 is 0 Å². The van der Waals surface area contributed by atoms with E-state index in [9.17, 15) is 0 Å². The first-order valence-electron chi connectivity index (χ1n) is 7.95. The van der Waals surface area contributed by atoms with Crippen molar-refractivity contribution in [1.29, 1.82) is 0 Å². The van der Waals surface area contributed by atoms with Crippen LogP contribution in [-0.2, 0) is 19.4 Å². The van der Waals surface area contributed by atoms with Crippen molar-refractivity contribution >= 4 is 11.0 Å². The van der Waals surface area contributed by atoms with E-state index in [-0.39, 0.29) is 0 Å². The van der Waals surface area contributed by atoms with Crippen molar-refractivity contribution in [3.8, 4) is 5.75 Å². The maximum atomic E-state index is 6.14. The van der Waals surface area contributed by atoms with Gasteiger partial charge in [-0.1, -0.05) is 34.1 Å². The van der Waals surface area contributed by atoms with Gasteiger partial charge in [0.15, 0.2) is 11.3 Å². The fourth-order valence-electron chi connectivity index (χ4n) is 2.64. The van der Waals surface area contributed by atoms with Crippen molar-refractivity contribution in [3.05, 3.63) is 29.0 Å². The second-order valence-corrected chi connectivity index (χ2v) is 5.82. The molecule has 0 bridgehead atoms. The first-order chi connectivity index (χ1) is 10.1. The third-order valence-electron chi connectivity index (χ3n) is 3.80. The Morgan fingerprint density at radius 2 is 2.00 bits per heavy atom. The summed E-state index contributed by atoms with van der Waals surface area (Å²) >= 11 is 0. The van der Waals surface area contributed by atoms with E-state index in [0.29, 0.717) is 6.04 Å². The molecule has 1 N–H and O–H groups in total. The molecule has 0 saturated carbocycles. The van der Waals surface area contributed by atoms with Gasteiger partial charge in [0.1, 0.15) is 5.76 Å². The van der Waals surface area contributed by atoms with Crippen molar-refractivity contribution in [2.24, 2.45) is 0 Å². The van der Waals surface area contributed by atoms with Crippen molar-refractivity contribution in [3.63, 3.8) is 0 Å². The van der Waals surface area contributed by atoms with Crippen LogP contribution in [0.1, 0.15) is 51.0 Å². The number of aryl methyl sites for hydroxylation is 2. The maximum Gasteiger partial charge on any atom is 0.176 e. The molecule has 0 aliphatic rings. The van der Waals surface area contributed by atoms with Crippen LogP contribution < -0.4 is 10.1 Å². The minimum atomic E-state index is 0.445. The van der Waals surface area contributed by atoms with Gasteiger partial charge in [-0.15, -0.1) is 0 Å². The zero-order chi connectivity index (χ0) is 15.4. The number of nitrogens with one attached hydrogen (secondary N) is 1. The molecule has 2 rings (SSSR count). The summed E-state index contributed by atoms with van der Waals surface area (Å²) in [5, 5.41) is 4.67. The number of rotatable bonds is 7. The van der Waals surface area contributed by atoms with E-state index >= 15 is 0 Å². The molecule has 1 heterocycles. The predicted octanol–water partition coefficient (Wildman–Crippen LogP) is 4.45. The van der Waals surface area contributed by atoms with E-state index in [4.69, 9.17) is 9.15 Å². The second kappa shape index (κ2) is 6.99. The van der Waals surface area contributed by atoms with E-state index in [2.05, 4.69) is 45.1 Å². The van der Waals surface area contributed by atoms with E-state index in [1.807, 2.05) is 0 Å². The van der Waals surface area contributed by atoms with E-state index in [0.717, 1.165) is 42.9 Å². The Bertz CT molecular complexity index is 599. The molecule has 0 amide bonds. The van der Waals surface area contributed by atoms with Crippen LogP contribution in [0.2, 0.25) is 0 Å². The SMILES string of the molecule is CCCc1c(CNC(C)C)oc2c(OC)cc(CC)cc12. The number of furan rings is 1. The molecular formula is C18H27NO2. The first-order valence-corrected chi connectivity index (χ1v) is 7.95.